The molecule has 2 aromatic heterocycles. The van der Waals surface area contributed by atoms with Gasteiger partial charge in [-0.1, -0.05) is 29.5 Å². The molecule has 3 heterocycles. The van der Waals surface area contributed by atoms with E-state index in [0.717, 1.165) is 33.9 Å². The van der Waals surface area contributed by atoms with Crippen LogP contribution in [0, 0.1) is 5.41 Å². The molecular weight excluding hydrogens is 328 g/mol. The van der Waals surface area contributed by atoms with Gasteiger partial charge in [0, 0.05) is 16.8 Å². The van der Waals surface area contributed by atoms with E-state index in [9.17, 15) is 5.11 Å². The van der Waals surface area contributed by atoms with E-state index < -0.39 is 0 Å². The summed E-state index contributed by atoms with van der Waals surface area (Å²) in [5.41, 5.74) is 9.29. The molecule has 0 saturated carbocycles. The second kappa shape index (κ2) is 5.17. The molecule has 9 heteroatoms. The Morgan fingerprint density at radius 3 is 2.88 bits per heavy atom. The molecule has 0 saturated heterocycles. The van der Waals surface area contributed by atoms with E-state index >= 15 is 0 Å². The van der Waals surface area contributed by atoms with Crippen LogP contribution in [0.3, 0.4) is 0 Å². The van der Waals surface area contributed by atoms with E-state index in [4.69, 9.17) is 11.1 Å². The van der Waals surface area contributed by atoms with Gasteiger partial charge < -0.3 is 10.8 Å². The van der Waals surface area contributed by atoms with E-state index in [1.807, 2.05) is 37.3 Å². The van der Waals surface area contributed by atoms with Crippen LogP contribution in [0.4, 0.5) is 11.5 Å². The van der Waals surface area contributed by atoms with Gasteiger partial charge in [-0.3, -0.25) is 10.4 Å². The van der Waals surface area contributed by atoms with Crippen LogP contribution in [-0.2, 0) is 0 Å². The van der Waals surface area contributed by atoms with Crippen molar-refractivity contribution in [2.45, 2.75) is 6.92 Å². The predicted molar refractivity (Wildman–Crippen MR) is 90.5 cm³/mol. The number of thiazole rings is 1. The first kappa shape index (κ1) is 14.4. The molecule has 0 bridgehead atoms. The summed E-state index contributed by atoms with van der Waals surface area (Å²) in [6.45, 7) is 1.91. The molecule has 0 radical (unpaired) electrons. The number of hydrogen-bond donors (Lipinski definition) is 3. The van der Waals surface area contributed by atoms with Crippen LogP contribution < -0.4 is 10.5 Å². The van der Waals surface area contributed by atoms with Crippen molar-refractivity contribution in [3.05, 3.63) is 39.5 Å². The lowest BCUT2D eigenvalue weighted by Crippen LogP contribution is -2.12. The largest absolute Gasteiger partial charge is 0.493 e. The molecule has 0 spiro atoms. The number of nitrogen functional groups attached to an aromatic ring is 1. The van der Waals surface area contributed by atoms with Crippen molar-refractivity contribution in [3.63, 3.8) is 0 Å². The van der Waals surface area contributed by atoms with Crippen LogP contribution in [0.1, 0.15) is 17.4 Å². The molecule has 1 aromatic carbocycles. The highest BCUT2D eigenvalue weighted by atomic mass is 32.1. The minimum atomic E-state index is -0.142. The molecular formula is C15H12N6O2S. The third-order valence-electron chi connectivity index (χ3n) is 3.70. The first-order valence-electron chi connectivity index (χ1n) is 7.01. The predicted octanol–water partition coefficient (Wildman–Crippen LogP) is 2.34. The topological polar surface area (TPSA) is 126 Å². The van der Waals surface area contributed by atoms with Crippen molar-refractivity contribution >= 4 is 40.2 Å². The molecule has 4 N–H and O–H groups in total. The Balaban J connectivity index is 1.87. The van der Waals surface area contributed by atoms with Gasteiger partial charge in [-0.25, -0.2) is 9.20 Å². The van der Waals surface area contributed by atoms with Gasteiger partial charge in [0.1, 0.15) is 0 Å². The lowest BCUT2D eigenvalue weighted by molar-refractivity contribution is 0.306. The van der Waals surface area contributed by atoms with Gasteiger partial charge in [0.15, 0.2) is 4.80 Å². The van der Waals surface area contributed by atoms with Gasteiger partial charge in [-0.05, 0) is 29.4 Å². The van der Waals surface area contributed by atoms with Crippen molar-refractivity contribution in [3.8, 4) is 11.7 Å². The number of aromatic nitrogens is 3. The second-order valence-corrected chi connectivity index (χ2v) is 6.21. The highest BCUT2D eigenvalue weighted by molar-refractivity contribution is 7.10. The number of benzene rings is 1. The monoisotopic (exact) mass is 340 g/mol. The quantitative estimate of drug-likeness (QED) is 0.660. The van der Waals surface area contributed by atoms with Crippen molar-refractivity contribution < 1.29 is 9.74 Å². The average molecular weight is 340 g/mol. The molecule has 0 fully saturated rings. The van der Waals surface area contributed by atoms with Crippen LogP contribution in [0.25, 0.3) is 17.5 Å². The average Bonchev–Trinajstić information content (AvgIpc) is 3.18. The normalized spacial score (nSPS) is 14.9. The molecule has 1 aliphatic heterocycles. The fraction of sp³-hybridized carbons (Fsp3) is 0.0667. The molecule has 8 nitrogen and oxygen atoms in total. The van der Waals surface area contributed by atoms with Gasteiger partial charge in [0.25, 0.3) is 0 Å². The Kier molecular flexibility index (Phi) is 3.10. The number of aromatic hydroxyl groups is 1. The number of para-hydroxylation sites is 1. The Morgan fingerprint density at radius 1 is 1.33 bits per heavy atom. The molecule has 0 atom stereocenters. The Bertz CT molecular complexity index is 1070. The molecule has 0 unspecified atom stereocenters. The molecule has 0 aliphatic carbocycles. The van der Waals surface area contributed by atoms with E-state index in [0.29, 0.717) is 4.88 Å². The lowest BCUT2D eigenvalue weighted by atomic mass is 10.0. The van der Waals surface area contributed by atoms with Gasteiger partial charge >= 0.3 is 0 Å². The number of fused-ring (bicyclic) bond motifs is 1. The summed E-state index contributed by atoms with van der Waals surface area (Å²) in [4.78, 5) is 5.07. The maximum atomic E-state index is 10.5. The van der Waals surface area contributed by atoms with Gasteiger partial charge in [-0.2, -0.15) is 0 Å². The molecule has 4 rings (SSSR count). The number of hydrogen-bond acceptors (Lipinski definition) is 8. The second-order valence-electron chi connectivity index (χ2n) is 5.18. The molecule has 3 aromatic rings. The molecule has 0 amide bonds. The van der Waals surface area contributed by atoms with E-state index in [1.54, 1.807) is 0 Å². The van der Waals surface area contributed by atoms with Gasteiger partial charge in [0.05, 0.1) is 10.6 Å². The zero-order chi connectivity index (χ0) is 16.8. The zero-order valence-corrected chi connectivity index (χ0v) is 13.3. The number of allylic oxidation sites excluding steroid dienone is 1. The number of rotatable bonds is 2. The van der Waals surface area contributed by atoms with Crippen LogP contribution in [-0.4, -0.2) is 25.7 Å². The summed E-state index contributed by atoms with van der Waals surface area (Å²) in [5.74, 6) is -0.0440. The number of anilines is 1. The molecule has 24 heavy (non-hydrogen) atoms. The summed E-state index contributed by atoms with van der Waals surface area (Å²) in [7, 11) is 0. The van der Waals surface area contributed by atoms with Gasteiger partial charge in [0.2, 0.25) is 17.5 Å². The fourth-order valence-corrected chi connectivity index (χ4v) is 3.42. The van der Waals surface area contributed by atoms with Crippen LogP contribution in [0.5, 0.6) is 5.88 Å². The standard InChI is InChI=1S/C15H12N6O2S/c1-7-9(8-4-2-3-5-10(8)18-7)6-11-14(22)21(15(17)24-11)13-12(16)19-23-20-13/h2-6,17,22H,1H3,(H2,16,19)/b9-6-,17-15?. The first-order valence-corrected chi connectivity index (χ1v) is 7.82. The number of aliphatic imine (C=N–C) groups is 1. The Morgan fingerprint density at radius 2 is 2.12 bits per heavy atom. The fourth-order valence-electron chi connectivity index (χ4n) is 2.59. The van der Waals surface area contributed by atoms with Crippen LogP contribution in [0.15, 0.2) is 33.9 Å². The molecule has 120 valence electrons. The maximum Gasteiger partial charge on any atom is 0.230 e. The lowest BCUT2D eigenvalue weighted by Gasteiger charge is -2.02. The summed E-state index contributed by atoms with van der Waals surface area (Å²) < 4.78 is 5.74. The zero-order valence-electron chi connectivity index (χ0n) is 12.5. The SMILES string of the molecule is CC1=Nc2ccccc2/C1=C\c1sc(=N)n(-c2nonc2N)c1O. The highest BCUT2D eigenvalue weighted by Gasteiger charge is 2.21. The van der Waals surface area contributed by atoms with Crippen molar-refractivity contribution in [1.82, 2.24) is 14.9 Å². The summed E-state index contributed by atoms with van der Waals surface area (Å²) >= 11 is 1.09. The third-order valence-corrected chi connectivity index (χ3v) is 4.59. The smallest absolute Gasteiger partial charge is 0.230 e. The summed E-state index contributed by atoms with van der Waals surface area (Å²) in [5, 5.41) is 25.7. The van der Waals surface area contributed by atoms with Crippen molar-refractivity contribution in [2.24, 2.45) is 4.99 Å². The van der Waals surface area contributed by atoms with Crippen LogP contribution in [0.2, 0.25) is 0 Å². The third kappa shape index (κ3) is 2.06. The summed E-state index contributed by atoms with van der Waals surface area (Å²) in [6.07, 6.45) is 1.81. The first-order chi connectivity index (χ1) is 11.6. The minimum Gasteiger partial charge on any atom is -0.493 e. The molecule has 1 aliphatic rings. The Hall–Kier alpha value is -3.20. The number of nitrogens with two attached hydrogens (primary N) is 1. The van der Waals surface area contributed by atoms with E-state index in [2.05, 4.69) is 19.9 Å². The van der Waals surface area contributed by atoms with Crippen molar-refractivity contribution in [1.29, 1.82) is 5.41 Å². The Labute approximate surface area is 139 Å². The number of nitrogens with one attached hydrogen (secondary N) is 1. The van der Waals surface area contributed by atoms with E-state index in [-0.39, 0.29) is 22.3 Å². The maximum absolute atomic E-state index is 10.5. The van der Waals surface area contributed by atoms with E-state index in [1.165, 1.54) is 4.57 Å². The number of nitrogens with zero attached hydrogens (tertiary/aromatic N) is 4. The highest BCUT2D eigenvalue weighted by Crippen LogP contribution is 2.37. The van der Waals surface area contributed by atoms with Crippen LogP contribution >= 0.6 is 11.3 Å². The summed E-state index contributed by atoms with van der Waals surface area (Å²) in [6, 6.07) is 7.77. The minimum absolute atomic E-state index is 0.00441. The van der Waals surface area contributed by atoms with Gasteiger partial charge in [-0.15, -0.1) is 0 Å². The van der Waals surface area contributed by atoms with Crippen molar-refractivity contribution in [2.75, 3.05) is 5.73 Å².